The Bertz CT molecular complexity index is 1070. The number of halogens is 2. The molecule has 2 N–H and O–H groups in total. The fraction of sp³-hybridized carbons (Fsp3) is 0.190. The molecule has 0 saturated carbocycles. The van der Waals surface area contributed by atoms with Gasteiger partial charge < -0.3 is 10.0 Å². The second kappa shape index (κ2) is 9.04. The average molecular weight is 464 g/mol. The number of rotatable bonds is 5. The van der Waals surface area contributed by atoms with Crippen molar-refractivity contribution in [1.82, 2.24) is 5.32 Å². The lowest BCUT2D eigenvalue weighted by Crippen LogP contribution is -2.54. The molecule has 1 aliphatic heterocycles. The summed E-state index contributed by atoms with van der Waals surface area (Å²) in [6.07, 6.45) is 1.33. The molecular weight excluding hydrogens is 445 g/mol. The minimum absolute atomic E-state index is 0.0447. The number of thiocarbonyl (C=S) groups is 1. The summed E-state index contributed by atoms with van der Waals surface area (Å²) in [5.74, 6) is -1.35. The van der Waals surface area contributed by atoms with Crippen LogP contribution in [0.5, 0.6) is 5.75 Å². The molecule has 30 heavy (non-hydrogen) atoms. The Morgan fingerprint density at radius 2 is 1.83 bits per heavy atom. The topological polar surface area (TPSA) is 72.9 Å². The molecule has 0 unspecified atom stereocenters. The van der Waals surface area contributed by atoms with Gasteiger partial charge in [-0.1, -0.05) is 23.2 Å². The quantitative estimate of drug-likeness (QED) is 0.391. The second-order valence-corrected chi connectivity index (χ2v) is 7.70. The van der Waals surface area contributed by atoms with Crippen molar-refractivity contribution < 1.29 is 14.7 Å². The smallest absolute Gasteiger partial charge is 0.270 e. The van der Waals surface area contributed by atoms with Gasteiger partial charge >= 0.3 is 0 Å². The van der Waals surface area contributed by atoms with Crippen LogP contribution in [0.15, 0.2) is 42.0 Å². The molecule has 0 aromatic heterocycles. The first kappa shape index (κ1) is 22.1. The van der Waals surface area contributed by atoms with Crippen LogP contribution in [0.1, 0.15) is 19.4 Å². The van der Waals surface area contributed by atoms with Gasteiger partial charge in [-0.25, -0.2) is 0 Å². The molecule has 3 rings (SSSR count). The van der Waals surface area contributed by atoms with E-state index in [-0.39, 0.29) is 21.5 Å². The molecule has 9 heteroatoms. The predicted octanol–water partition coefficient (Wildman–Crippen LogP) is 4.38. The van der Waals surface area contributed by atoms with E-state index in [9.17, 15) is 14.7 Å². The van der Waals surface area contributed by atoms with Crippen molar-refractivity contribution in [3.8, 4) is 5.75 Å². The number of anilines is 2. The summed E-state index contributed by atoms with van der Waals surface area (Å²) in [5.41, 5.74) is 1.29. The lowest BCUT2D eigenvalue weighted by molar-refractivity contribution is -0.122. The molecule has 0 aliphatic carbocycles. The molecule has 2 amide bonds. The highest BCUT2D eigenvalue weighted by atomic mass is 35.5. The maximum atomic E-state index is 13.1. The second-order valence-electron chi connectivity index (χ2n) is 6.47. The van der Waals surface area contributed by atoms with E-state index in [4.69, 9.17) is 35.4 Å². The fourth-order valence-corrected chi connectivity index (χ4v) is 3.90. The van der Waals surface area contributed by atoms with Gasteiger partial charge in [0.1, 0.15) is 11.3 Å². The number of phenolic OH excluding ortho intramolecular Hbond substituents is 1. The molecule has 0 radical (unpaired) electrons. The maximum Gasteiger partial charge on any atom is 0.270 e. The van der Waals surface area contributed by atoms with Crippen molar-refractivity contribution >= 4 is 69.8 Å². The largest absolute Gasteiger partial charge is 0.507 e. The number of hydrogen-bond donors (Lipinski definition) is 2. The van der Waals surface area contributed by atoms with Crippen LogP contribution in [0.2, 0.25) is 10.0 Å². The zero-order chi connectivity index (χ0) is 22.0. The van der Waals surface area contributed by atoms with E-state index in [1.807, 2.05) is 19.9 Å². The first-order valence-corrected chi connectivity index (χ1v) is 10.4. The van der Waals surface area contributed by atoms with E-state index >= 15 is 0 Å². The first-order chi connectivity index (χ1) is 14.3. The average Bonchev–Trinajstić information content (AvgIpc) is 2.69. The number of carbonyl (C=O) groups excluding carboxylic acids is 2. The Hall–Kier alpha value is -2.61. The molecule has 2 aromatic rings. The summed E-state index contributed by atoms with van der Waals surface area (Å²) in [6, 6.07) is 9.66. The Balaban J connectivity index is 2.00. The zero-order valence-corrected chi connectivity index (χ0v) is 18.6. The third kappa shape index (κ3) is 4.28. The van der Waals surface area contributed by atoms with Crippen LogP contribution in [0.25, 0.3) is 6.08 Å². The predicted molar refractivity (Wildman–Crippen MR) is 124 cm³/mol. The molecule has 1 saturated heterocycles. The van der Waals surface area contributed by atoms with E-state index in [1.54, 1.807) is 24.3 Å². The third-order valence-electron chi connectivity index (χ3n) is 4.69. The van der Waals surface area contributed by atoms with E-state index < -0.39 is 11.8 Å². The van der Waals surface area contributed by atoms with E-state index in [0.29, 0.717) is 16.3 Å². The number of aromatic hydroxyl groups is 1. The highest BCUT2D eigenvalue weighted by Crippen LogP contribution is 2.32. The molecule has 0 bridgehead atoms. The molecule has 0 spiro atoms. The van der Waals surface area contributed by atoms with Gasteiger partial charge in [0.25, 0.3) is 11.8 Å². The van der Waals surface area contributed by atoms with Crippen LogP contribution in [0.3, 0.4) is 0 Å². The van der Waals surface area contributed by atoms with Crippen molar-refractivity contribution in [2.45, 2.75) is 13.8 Å². The number of hydrogen-bond acceptors (Lipinski definition) is 5. The molecule has 0 atom stereocenters. The van der Waals surface area contributed by atoms with E-state index in [0.717, 1.165) is 23.7 Å². The van der Waals surface area contributed by atoms with Gasteiger partial charge in [-0.3, -0.25) is 19.8 Å². The summed E-state index contributed by atoms with van der Waals surface area (Å²) in [4.78, 5) is 28.7. The van der Waals surface area contributed by atoms with Gasteiger partial charge in [-0.2, -0.15) is 0 Å². The summed E-state index contributed by atoms with van der Waals surface area (Å²) >= 11 is 17.3. The van der Waals surface area contributed by atoms with Crippen molar-refractivity contribution in [3.63, 3.8) is 0 Å². The van der Waals surface area contributed by atoms with Gasteiger partial charge in [-0.05, 0) is 62.5 Å². The van der Waals surface area contributed by atoms with Gasteiger partial charge in [0.2, 0.25) is 0 Å². The van der Waals surface area contributed by atoms with E-state index in [2.05, 4.69) is 10.2 Å². The Morgan fingerprint density at radius 1 is 1.13 bits per heavy atom. The van der Waals surface area contributed by atoms with Crippen molar-refractivity contribution in [2.24, 2.45) is 0 Å². The molecule has 1 fully saturated rings. The lowest BCUT2D eigenvalue weighted by Gasteiger charge is -2.29. The lowest BCUT2D eigenvalue weighted by atomic mass is 10.1. The SMILES string of the molecule is CCN(CC)c1ccc(C=C2C(=O)NC(=S)N(c3ccc(Cl)cc3Cl)C2=O)c(O)c1. The van der Waals surface area contributed by atoms with Crippen LogP contribution in [-0.2, 0) is 9.59 Å². The molecule has 1 aliphatic rings. The molecular formula is C21H19Cl2N3O3S. The van der Waals surface area contributed by atoms with Crippen molar-refractivity contribution in [3.05, 3.63) is 57.6 Å². The normalized spacial score (nSPS) is 15.5. The molecule has 6 nitrogen and oxygen atoms in total. The summed E-state index contributed by atoms with van der Waals surface area (Å²) in [6.45, 7) is 5.60. The minimum atomic E-state index is -0.654. The number of carbonyl (C=O) groups is 2. The van der Waals surface area contributed by atoms with Gasteiger partial charge in [0.05, 0.1) is 10.7 Å². The van der Waals surface area contributed by atoms with Gasteiger partial charge in [0.15, 0.2) is 5.11 Å². The van der Waals surface area contributed by atoms with Crippen LogP contribution in [-0.4, -0.2) is 35.1 Å². The fourth-order valence-electron chi connectivity index (χ4n) is 3.13. The Labute approximate surface area is 189 Å². The summed E-state index contributed by atoms with van der Waals surface area (Å²) in [5, 5.41) is 13.5. The Kier molecular flexibility index (Phi) is 6.65. The van der Waals surface area contributed by atoms with Crippen LogP contribution in [0.4, 0.5) is 11.4 Å². The summed E-state index contributed by atoms with van der Waals surface area (Å²) < 4.78 is 0. The van der Waals surface area contributed by atoms with Gasteiger partial charge in [0, 0.05) is 35.4 Å². The molecule has 2 aromatic carbocycles. The van der Waals surface area contributed by atoms with Crippen LogP contribution >= 0.6 is 35.4 Å². The van der Waals surface area contributed by atoms with Crippen molar-refractivity contribution in [2.75, 3.05) is 22.9 Å². The first-order valence-electron chi connectivity index (χ1n) is 9.21. The van der Waals surface area contributed by atoms with Crippen molar-refractivity contribution in [1.29, 1.82) is 0 Å². The minimum Gasteiger partial charge on any atom is -0.507 e. The number of nitrogens with one attached hydrogen (secondary N) is 1. The number of nitrogens with zero attached hydrogens (tertiary/aromatic N) is 2. The van der Waals surface area contributed by atoms with Gasteiger partial charge in [-0.15, -0.1) is 0 Å². The molecule has 1 heterocycles. The number of benzene rings is 2. The van der Waals surface area contributed by atoms with Crippen LogP contribution < -0.4 is 15.1 Å². The number of phenols is 1. The third-order valence-corrected chi connectivity index (χ3v) is 5.52. The highest BCUT2D eigenvalue weighted by molar-refractivity contribution is 7.80. The van der Waals surface area contributed by atoms with Crippen LogP contribution in [0, 0.1) is 0 Å². The number of amides is 2. The standard InChI is InChI=1S/C21H19Cl2N3O3S/c1-3-25(4-2)14-7-5-12(18(27)11-14)9-15-19(28)24-21(30)26(20(15)29)17-8-6-13(22)10-16(17)23/h5-11,27H,3-4H2,1-2H3,(H,24,28,30). The monoisotopic (exact) mass is 463 g/mol. The molecule has 156 valence electrons. The summed E-state index contributed by atoms with van der Waals surface area (Å²) in [7, 11) is 0. The Morgan fingerprint density at radius 3 is 2.43 bits per heavy atom. The highest BCUT2D eigenvalue weighted by Gasteiger charge is 2.35. The van der Waals surface area contributed by atoms with E-state index in [1.165, 1.54) is 12.1 Å². The maximum absolute atomic E-state index is 13.1. The zero-order valence-electron chi connectivity index (χ0n) is 16.3.